The van der Waals surface area contributed by atoms with Gasteiger partial charge >= 0.3 is 0 Å². The minimum Gasteiger partial charge on any atom is -0.484 e. The Labute approximate surface area is 115 Å². The predicted molar refractivity (Wildman–Crippen MR) is 74.0 cm³/mol. The normalized spacial score (nSPS) is 18.0. The zero-order valence-corrected chi connectivity index (χ0v) is 11.0. The molecule has 0 radical (unpaired) electrons. The summed E-state index contributed by atoms with van der Waals surface area (Å²) in [6, 6.07) is 6.69. The lowest BCUT2D eigenvalue weighted by Crippen LogP contribution is -2.37. The van der Waals surface area contributed by atoms with Gasteiger partial charge in [0.2, 0.25) is 5.91 Å². The third kappa shape index (κ3) is 4.15. The summed E-state index contributed by atoms with van der Waals surface area (Å²) in [5, 5.41) is 5.89. The molecule has 1 fully saturated rings. The van der Waals surface area contributed by atoms with Crippen LogP contribution in [0, 0.1) is 0 Å². The third-order valence-corrected chi connectivity index (χ3v) is 3.46. The van der Waals surface area contributed by atoms with E-state index in [1.54, 1.807) is 36.0 Å². The van der Waals surface area contributed by atoms with E-state index in [4.69, 9.17) is 10.5 Å². The summed E-state index contributed by atoms with van der Waals surface area (Å²) in [5.74, 6) is 1.44. The Balaban J connectivity index is 1.94. The van der Waals surface area contributed by atoms with Gasteiger partial charge in [0.25, 0.3) is 5.91 Å². The molecule has 4 N–H and O–H groups in total. The number of hydrogen-bond acceptors (Lipinski definition) is 5. The number of thioether (sulfide) groups is 1. The Kier molecular flexibility index (Phi) is 4.64. The van der Waals surface area contributed by atoms with Crippen molar-refractivity contribution in [3.8, 4) is 5.75 Å². The first-order valence-corrected chi connectivity index (χ1v) is 6.94. The first-order chi connectivity index (χ1) is 9.15. The van der Waals surface area contributed by atoms with E-state index in [-0.39, 0.29) is 18.6 Å². The first-order valence-electron chi connectivity index (χ1n) is 5.78. The zero-order chi connectivity index (χ0) is 13.7. The van der Waals surface area contributed by atoms with Gasteiger partial charge in [0.1, 0.15) is 5.75 Å². The van der Waals surface area contributed by atoms with Crippen molar-refractivity contribution in [2.24, 2.45) is 5.73 Å². The highest BCUT2D eigenvalue weighted by atomic mass is 32.2. The largest absolute Gasteiger partial charge is 0.484 e. The van der Waals surface area contributed by atoms with Gasteiger partial charge in [-0.3, -0.25) is 14.9 Å². The van der Waals surface area contributed by atoms with Crippen molar-refractivity contribution in [1.29, 1.82) is 0 Å². The van der Waals surface area contributed by atoms with Gasteiger partial charge in [-0.25, -0.2) is 0 Å². The number of hydrogen-bond donors (Lipinski definition) is 3. The van der Waals surface area contributed by atoms with Crippen LogP contribution >= 0.6 is 11.8 Å². The van der Waals surface area contributed by atoms with Crippen LogP contribution in [0.1, 0.15) is 0 Å². The van der Waals surface area contributed by atoms with Gasteiger partial charge in [-0.05, 0) is 12.1 Å². The van der Waals surface area contributed by atoms with E-state index in [2.05, 4.69) is 10.6 Å². The lowest BCUT2D eigenvalue weighted by atomic mass is 10.2. The van der Waals surface area contributed by atoms with Crippen molar-refractivity contribution in [2.45, 2.75) is 6.04 Å². The summed E-state index contributed by atoms with van der Waals surface area (Å²) in [6.07, 6.45) is 0. The SMILES string of the molecule is NC(=O)COc1cccc(NC(=O)C2CSCN2)c1. The second-order valence-electron chi connectivity index (χ2n) is 4.04. The molecule has 1 aromatic rings. The standard InChI is InChI=1S/C12H15N3O3S/c13-11(16)5-18-9-3-1-2-8(4-9)15-12(17)10-6-19-7-14-10/h1-4,10,14H,5-7H2,(H2,13,16)(H,15,17). The molecule has 0 bridgehead atoms. The van der Waals surface area contributed by atoms with Gasteiger partial charge in [-0.1, -0.05) is 6.07 Å². The molecule has 1 saturated heterocycles. The Morgan fingerprint density at radius 2 is 2.37 bits per heavy atom. The lowest BCUT2D eigenvalue weighted by Gasteiger charge is -2.11. The molecule has 6 nitrogen and oxygen atoms in total. The van der Waals surface area contributed by atoms with E-state index < -0.39 is 5.91 Å². The molecule has 2 amide bonds. The van der Waals surface area contributed by atoms with Crippen LogP contribution in [-0.4, -0.2) is 36.1 Å². The van der Waals surface area contributed by atoms with Crippen LogP contribution in [0.15, 0.2) is 24.3 Å². The summed E-state index contributed by atoms with van der Waals surface area (Å²) in [6.45, 7) is -0.182. The molecule has 0 aromatic heterocycles. The molecule has 1 unspecified atom stereocenters. The second kappa shape index (κ2) is 6.44. The summed E-state index contributed by atoms with van der Waals surface area (Å²) < 4.78 is 5.17. The minimum atomic E-state index is -0.540. The van der Waals surface area contributed by atoms with Crippen molar-refractivity contribution in [3.63, 3.8) is 0 Å². The Morgan fingerprint density at radius 3 is 3.05 bits per heavy atom. The van der Waals surface area contributed by atoms with E-state index >= 15 is 0 Å². The smallest absolute Gasteiger partial charge is 0.255 e. The van der Waals surface area contributed by atoms with Crippen LogP contribution in [0.4, 0.5) is 5.69 Å². The van der Waals surface area contributed by atoms with Gasteiger partial charge in [0.15, 0.2) is 6.61 Å². The summed E-state index contributed by atoms with van der Waals surface area (Å²) in [4.78, 5) is 22.5. The maximum atomic E-state index is 11.9. The fraction of sp³-hybridized carbons (Fsp3) is 0.333. The monoisotopic (exact) mass is 281 g/mol. The molecule has 0 spiro atoms. The van der Waals surface area contributed by atoms with Crippen molar-refractivity contribution >= 4 is 29.3 Å². The average Bonchev–Trinajstić information content (AvgIpc) is 2.91. The minimum absolute atomic E-state index is 0.0722. The number of amides is 2. The van der Waals surface area contributed by atoms with Gasteiger partial charge in [-0.15, -0.1) is 11.8 Å². The average molecular weight is 281 g/mol. The number of ether oxygens (including phenoxy) is 1. The van der Waals surface area contributed by atoms with Crippen molar-refractivity contribution in [1.82, 2.24) is 5.32 Å². The van der Waals surface area contributed by atoms with E-state index in [1.165, 1.54) is 0 Å². The first kappa shape index (κ1) is 13.7. The van der Waals surface area contributed by atoms with Crippen molar-refractivity contribution in [3.05, 3.63) is 24.3 Å². The molecule has 1 aromatic carbocycles. The predicted octanol–water partition coefficient (Wildman–Crippen LogP) is 0.152. The van der Waals surface area contributed by atoms with Crippen molar-refractivity contribution in [2.75, 3.05) is 23.6 Å². The number of nitrogens with two attached hydrogens (primary N) is 1. The summed E-state index contributed by atoms with van der Waals surface area (Å²) in [5.41, 5.74) is 5.63. The van der Waals surface area contributed by atoms with Gasteiger partial charge in [-0.2, -0.15) is 0 Å². The van der Waals surface area contributed by atoms with E-state index in [0.29, 0.717) is 11.4 Å². The van der Waals surface area contributed by atoms with Crippen molar-refractivity contribution < 1.29 is 14.3 Å². The second-order valence-corrected chi connectivity index (χ2v) is 5.07. The van der Waals surface area contributed by atoms with Gasteiger partial charge in [0.05, 0.1) is 6.04 Å². The fourth-order valence-corrected chi connectivity index (χ4v) is 2.55. The molecule has 7 heteroatoms. The van der Waals surface area contributed by atoms with Crippen LogP contribution in [-0.2, 0) is 9.59 Å². The number of anilines is 1. The van der Waals surface area contributed by atoms with E-state index in [1.807, 2.05) is 0 Å². The number of nitrogens with one attached hydrogen (secondary N) is 2. The molecule has 19 heavy (non-hydrogen) atoms. The zero-order valence-electron chi connectivity index (χ0n) is 10.2. The maximum Gasteiger partial charge on any atom is 0.255 e. The molecule has 0 saturated carbocycles. The number of carbonyl (C=O) groups excluding carboxylic acids is 2. The summed E-state index contributed by atoms with van der Waals surface area (Å²) >= 11 is 1.69. The quantitative estimate of drug-likeness (QED) is 0.714. The molecule has 1 aliphatic rings. The fourth-order valence-electron chi connectivity index (χ4n) is 1.61. The third-order valence-electron chi connectivity index (χ3n) is 2.52. The highest BCUT2D eigenvalue weighted by Crippen LogP contribution is 2.18. The molecule has 1 heterocycles. The molecule has 2 rings (SSSR count). The molecule has 1 aliphatic heterocycles. The van der Waals surface area contributed by atoms with Crippen LogP contribution < -0.4 is 21.1 Å². The van der Waals surface area contributed by atoms with E-state index in [9.17, 15) is 9.59 Å². The number of carbonyl (C=O) groups is 2. The highest BCUT2D eigenvalue weighted by Gasteiger charge is 2.22. The Morgan fingerprint density at radius 1 is 1.53 bits per heavy atom. The van der Waals surface area contributed by atoms with Crippen LogP contribution in [0.25, 0.3) is 0 Å². The highest BCUT2D eigenvalue weighted by molar-refractivity contribution is 7.99. The van der Waals surface area contributed by atoms with Crippen LogP contribution in [0.5, 0.6) is 5.75 Å². The van der Waals surface area contributed by atoms with Gasteiger partial charge < -0.3 is 15.8 Å². The maximum absolute atomic E-state index is 11.9. The Bertz CT molecular complexity index is 475. The Hall–Kier alpha value is -1.73. The molecule has 102 valence electrons. The number of benzene rings is 1. The molecule has 1 atom stereocenters. The van der Waals surface area contributed by atoms with Crippen LogP contribution in [0.2, 0.25) is 0 Å². The molecular weight excluding hydrogens is 266 g/mol. The van der Waals surface area contributed by atoms with Gasteiger partial charge in [0, 0.05) is 23.4 Å². The molecule has 0 aliphatic carbocycles. The number of rotatable bonds is 5. The number of primary amides is 1. The summed E-state index contributed by atoms with van der Waals surface area (Å²) in [7, 11) is 0. The molecular formula is C12H15N3O3S. The topological polar surface area (TPSA) is 93.5 Å². The lowest BCUT2D eigenvalue weighted by molar-refractivity contribution is -0.120. The van der Waals surface area contributed by atoms with E-state index in [0.717, 1.165) is 11.6 Å². The van der Waals surface area contributed by atoms with Crippen LogP contribution in [0.3, 0.4) is 0 Å².